The number of carbonyl (C=O) groups is 3. The Bertz CT molecular complexity index is 1320. The molecule has 0 atom stereocenters. The topological polar surface area (TPSA) is 105 Å². The van der Waals surface area contributed by atoms with Gasteiger partial charge < -0.3 is 19.9 Å². The van der Waals surface area contributed by atoms with Crippen LogP contribution in [0.5, 0.6) is 11.5 Å². The lowest BCUT2D eigenvalue weighted by Gasteiger charge is -2.14. The number of hydrogen-bond acceptors (Lipinski definition) is 5. The Morgan fingerprint density at radius 1 is 1.09 bits per heavy atom. The number of benzene rings is 3. The first-order chi connectivity index (χ1) is 16.4. The third-order valence-electron chi connectivity index (χ3n) is 5.03. The predicted octanol–water partition coefficient (Wildman–Crippen LogP) is 4.72. The van der Waals surface area contributed by atoms with Crippen molar-refractivity contribution in [2.45, 2.75) is 6.61 Å². The average Bonchev–Trinajstić information content (AvgIpc) is 3.10. The van der Waals surface area contributed by atoms with Gasteiger partial charge in [0.2, 0.25) is 0 Å². The van der Waals surface area contributed by atoms with Crippen molar-refractivity contribution in [3.63, 3.8) is 0 Å². The molecule has 1 aliphatic rings. The zero-order valence-corrected chi connectivity index (χ0v) is 18.7. The first-order valence-electron chi connectivity index (χ1n) is 10.1. The van der Waals surface area contributed by atoms with Gasteiger partial charge in [0.15, 0.2) is 11.5 Å². The summed E-state index contributed by atoms with van der Waals surface area (Å²) < 4.78 is 11.4. The zero-order chi connectivity index (χ0) is 24.2. The van der Waals surface area contributed by atoms with Gasteiger partial charge in [-0.3, -0.25) is 4.79 Å². The van der Waals surface area contributed by atoms with Gasteiger partial charge in [-0.1, -0.05) is 41.9 Å². The molecule has 0 unspecified atom stereocenters. The minimum Gasteiger partial charge on any atom is -0.493 e. The molecule has 0 saturated carbocycles. The van der Waals surface area contributed by atoms with Gasteiger partial charge in [0, 0.05) is 10.6 Å². The number of imide groups is 1. The van der Waals surface area contributed by atoms with Crippen molar-refractivity contribution in [1.29, 1.82) is 0 Å². The number of rotatable bonds is 7. The second kappa shape index (κ2) is 9.68. The Labute approximate surface area is 200 Å². The highest BCUT2D eigenvalue weighted by atomic mass is 35.5. The number of nitrogens with zero attached hydrogens (tertiary/aromatic N) is 1. The summed E-state index contributed by atoms with van der Waals surface area (Å²) in [6, 6.07) is 17.3. The number of anilines is 1. The van der Waals surface area contributed by atoms with Crippen LogP contribution in [0.15, 0.2) is 72.4 Å². The highest BCUT2D eigenvalue weighted by Crippen LogP contribution is 2.34. The van der Waals surface area contributed by atoms with Crippen LogP contribution in [0.4, 0.5) is 10.5 Å². The van der Waals surface area contributed by atoms with Gasteiger partial charge in [-0.15, -0.1) is 0 Å². The van der Waals surface area contributed by atoms with Crippen molar-refractivity contribution < 1.29 is 29.0 Å². The molecule has 0 bridgehead atoms. The quantitative estimate of drug-likeness (QED) is 0.376. The molecule has 9 heteroatoms. The van der Waals surface area contributed by atoms with Gasteiger partial charge in [-0.2, -0.15) is 0 Å². The van der Waals surface area contributed by atoms with Gasteiger partial charge in [0.05, 0.1) is 18.4 Å². The minimum atomic E-state index is -1.04. The highest BCUT2D eigenvalue weighted by Gasteiger charge is 2.35. The zero-order valence-electron chi connectivity index (χ0n) is 17.9. The Balaban J connectivity index is 1.64. The van der Waals surface area contributed by atoms with Crippen LogP contribution in [-0.4, -0.2) is 30.1 Å². The van der Waals surface area contributed by atoms with Crippen LogP contribution in [0.1, 0.15) is 21.5 Å². The normalized spacial score (nSPS) is 14.3. The van der Waals surface area contributed by atoms with E-state index in [1.165, 1.54) is 31.4 Å². The van der Waals surface area contributed by atoms with Gasteiger partial charge in [-0.25, -0.2) is 14.5 Å². The van der Waals surface area contributed by atoms with Crippen LogP contribution in [0, 0.1) is 0 Å². The van der Waals surface area contributed by atoms with Crippen molar-refractivity contribution in [3.05, 3.63) is 94.1 Å². The van der Waals surface area contributed by atoms with Crippen molar-refractivity contribution in [1.82, 2.24) is 5.32 Å². The van der Waals surface area contributed by atoms with E-state index in [0.29, 0.717) is 33.3 Å². The smallest absolute Gasteiger partial charge is 0.335 e. The number of carboxylic acid groups (broad SMARTS) is 1. The van der Waals surface area contributed by atoms with E-state index >= 15 is 0 Å². The highest BCUT2D eigenvalue weighted by molar-refractivity contribution is 6.32. The molecule has 4 rings (SSSR count). The molecule has 1 aliphatic heterocycles. The van der Waals surface area contributed by atoms with E-state index in [2.05, 4.69) is 5.32 Å². The molecule has 8 nitrogen and oxygen atoms in total. The number of carbonyl (C=O) groups excluding carboxylic acids is 2. The minimum absolute atomic E-state index is 0.0518. The van der Waals surface area contributed by atoms with E-state index in [0.717, 1.165) is 4.90 Å². The van der Waals surface area contributed by atoms with Crippen LogP contribution < -0.4 is 19.7 Å². The van der Waals surface area contributed by atoms with E-state index in [-0.39, 0.29) is 17.9 Å². The SMILES string of the molecule is COc1cccc(/C=C2\NC(=O)N(c3cccc(Cl)c3)C2=O)c1OCc1cccc(C(=O)O)c1. The number of urea groups is 1. The molecule has 34 heavy (non-hydrogen) atoms. The lowest BCUT2D eigenvalue weighted by Crippen LogP contribution is -2.30. The molecule has 172 valence electrons. The third kappa shape index (κ3) is 4.72. The lowest BCUT2D eigenvalue weighted by atomic mass is 10.1. The number of halogens is 1. The van der Waals surface area contributed by atoms with Crippen LogP contribution in [0.3, 0.4) is 0 Å². The summed E-state index contributed by atoms with van der Waals surface area (Å²) >= 11 is 6.00. The number of para-hydroxylation sites is 1. The Morgan fingerprint density at radius 3 is 2.59 bits per heavy atom. The number of hydrogen-bond donors (Lipinski definition) is 2. The van der Waals surface area contributed by atoms with E-state index in [1.807, 2.05) is 0 Å². The second-order valence-corrected chi connectivity index (χ2v) is 7.72. The van der Waals surface area contributed by atoms with Gasteiger partial charge in [0.1, 0.15) is 12.3 Å². The first-order valence-corrected chi connectivity index (χ1v) is 10.5. The molecule has 0 aromatic heterocycles. The average molecular weight is 479 g/mol. The number of aromatic carboxylic acids is 1. The van der Waals surface area contributed by atoms with Crippen molar-refractivity contribution in [2.24, 2.45) is 0 Å². The Kier molecular flexibility index (Phi) is 6.51. The number of carboxylic acids is 1. The molecule has 0 radical (unpaired) electrons. The number of ether oxygens (including phenoxy) is 2. The maximum absolute atomic E-state index is 13.0. The van der Waals surface area contributed by atoms with Crippen LogP contribution >= 0.6 is 11.6 Å². The fourth-order valence-corrected chi connectivity index (χ4v) is 3.64. The van der Waals surface area contributed by atoms with Crippen molar-refractivity contribution in [2.75, 3.05) is 12.0 Å². The fourth-order valence-electron chi connectivity index (χ4n) is 3.45. The lowest BCUT2D eigenvalue weighted by molar-refractivity contribution is -0.113. The van der Waals surface area contributed by atoms with E-state index in [1.54, 1.807) is 48.5 Å². The van der Waals surface area contributed by atoms with Gasteiger partial charge in [0.25, 0.3) is 5.91 Å². The van der Waals surface area contributed by atoms with Crippen LogP contribution in [-0.2, 0) is 11.4 Å². The Morgan fingerprint density at radius 2 is 1.85 bits per heavy atom. The largest absolute Gasteiger partial charge is 0.493 e. The monoisotopic (exact) mass is 478 g/mol. The van der Waals surface area contributed by atoms with Crippen molar-refractivity contribution in [3.8, 4) is 11.5 Å². The standard InChI is InChI=1S/C25H19ClN2O6/c1-33-21-10-3-6-16(22(21)34-14-15-5-2-7-17(11-15)24(30)31)12-20-23(29)28(25(32)27-20)19-9-4-8-18(26)13-19/h2-13H,14H2,1H3,(H,27,32)(H,30,31)/b20-12-. The summed E-state index contributed by atoms with van der Waals surface area (Å²) in [5, 5.41) is 12.2. The molecule has 1 saturated heterocycles. The summed E-state index contributed by atoms with van der Waals surface area (Å²) in [6.45, 7) is 0.0621. The van der Waals surface area contributed by atoms with Gasteiger partial charge in [-0.05, 0) is 48.0 Å². The molecular formula is C25H19ClN2O6. The van der Waals surface area contributed by atoms with E-state index in [9.17, 15) is 19.5 Å². The number of nitrogens with one attached hydrogen (secondary N) is 1. The molecule has 0 aliphatic carbocycles. The molecular weight excluding hydrogens is 460 g/mol. The predicted molar refractivity (Wildman–Crippen MR) is 126 cm³/mol. The number of amides is 3. The maximum atomic E-state index is 13.0. The molecule has 1 heterocycles. The van der Waals surface area contributed by atoms with Crippen LogP contribution in [0.2, 0.25) is 5.02 Å². The number of methoxy groups -OCH3 is 1. The van der Waals surface area contributed by atoms with E-state index < -0.39 is 17.9 Å². The third-order valence-corrected chi connectivity index (χ3v) is 5.27. The second-order valence-electron chi connectivity index (χ2n) is 7.28. The summed E-state index contributed by atoms with van der Waals surface area (Å²) in [6.07, 6.45) is 1.50. The van der Waals surface area contributed by atoms with E-state index in [4.69, 9.17) is 21.1 Å². The van der Waals surface area contributed by atoms with Crippen molar-refractivity contribution >= 4 is 41.3 Å². The fraction of sp³-hybridized carbons (Fsp3) is 0.0800. The molecule has 3 amide bonds. The van der Waals surface area contributed by atoms with Crippen LogP contribution in [0.25, 0.3) is 6.08 Å². The maximum Gasteiger partial charge on any atom is 0.335 e. The van der Waals surface area contributed by atoms with Gasteiger partial charge >= 0.3 is 12.0 Å². The molecule has 1 fully saturated rings. The summed E-state index contributed by atoms with van der Waals surface area (Å²) in [4.78, 5) is 37.7. The molecule has 0 spiro atoms. The summed E-state index contributed by atoms with van der Waals surface area (Å²) in [7, 11) is 1.48. The summed E-state index contributed by atoms with van der Waals surface area (Å²) in [5.74, 6) is -0.840. The molecule has 3 aromatic carbocycles. The Hall–Kier alpha value is -4.30. The molecule has 3 aromatic rings. The summed E-state index contributed by atoms with van der Waals surface area (Å²) in [5.41, 5.74) is 1.67. The molecule has 2 N–H and O–H groups in total. The first kappa shape index (κ1) is 22.9.